The molecule has 0 spiro atoms. The molecule has 0 bridgehead atoms. The molecule has 5 heteroatoms. The Morgan fingerprint density at radius 3 is 2.50 bits per heavy atom. The predicted molar refractivity (Wildman–Crippen MR) is 75.7 cm³/mol. The number of hydrogen-bond donors (Lipinski definition) is 2. The van der Waals surface area contributed by atoms with E-state index in [1.54, 1.807) is 13.2 Å². The van der Waals surface area contributed by atoms with Gasteiger partial charge in [-0.05, 0) is 12.0 Å². The van der Waals surface area contributed by atoms with E-state index in [1.807, 2.05) is 32.0 Å². The van der Waals surface area contributed by atoms with Crippen molar-refractivity contribution < 1.29 is 19.4 Å². The molecule has 1 amide bonds. The zero-order valence-electron chi connectivity index (χ0n) is 12.1. The van der Waals surface area contributed by atoms with Gasteiger partial charge in [-0.25, -0.2) is 0 Å². The Bertz CT molecular complexity index is 471. The van der Waals surface area contributed by atoms with Crippen molar-refractivity contribution in [2.45, 2.75) is 32.7 Å². The molecule has 1 aromatic carbocycles. The third kappa shape index (κ3) is 4.91. The number of carboxylic acid groups (broad SMARTS) is 1. The molecule has 0 saturated heterocycles. The minimum atomic E-state index is -0.915. The molecule has 0 saturated carbocycles. The Morgan fingerprint density at radius 2 is 1.95 bits per heavy atom. The van der Waals surface area contributed by atoms with Crippen LogP contribution in [0.25, 0.3) is 0 Å². The highest BCUT2D eigenvalue weighted by molar-refractivity contribution is 5.80. The molecular weight excluding hydrogens is 258 g/mol. The van der Waals surface area contributed by atoms with Gasteiger partial charge in [0.2, 0.25) is 5.91 Å². The summed E-state index contributed by atoms with van der Waals surface area (Å²) in [5.74, 6) is -0.398. The Morgan fingerprint density at radius 1 is 1.30 bits per heavy atom. The maximum atomic E-state index is 12.0. The molecule has 110 valence electrons. The maximum Gasteiger partial charge on any atom is 0.305 e. The van der Waals surface area contributed by atoms with E-state index in [1.165, 1.54) is 0 Å². The van der Waals surface area contributed by atoms with Crippen molar-refractivity contribution in [3.63, 3.8) is 0 Å². The van der Waals surface area contributed by atoms with Crippen LogP contribution in [-0.4, -0.2) is 30.1 Å². The monoisotopic (exact) mass is 279 g/mol. The Balaban J connectivity index is 2.68. The van der Waals surface area contributed by atoms with Crippen molar-refractivity contribution in [3.05, 3.63) is 29.8 Å². The third-order valence-electron chi connectivity index (χ3n) is 3.09. The van der Waals surface area contributed by atoms with Gasteiger partial charge in [0, 0.05) is 11.6 Å². The predicted octanol–water partition coefficient (Wildman–Crippen LogP) is 1.85. The van der Waals surface area contributed by atoms with Gasteiger partial charge in [0.1, 0.15) is 5.75 Å². The lowest BCUT2D eigenvalue weighted by Gasteiger charge is -2.20. The smallest absolute Gasteiger partial charge is 0.305 e. The van der Waals surface area contributed by atoms with Gasteiger partial charge in [0.25, 0.3) is 0 Å². The summed E-state index contributed by atoms with van der Waals surface area (Å²) in [4.78, 5) is 22.8. The number of benzene rings is 1. The topological polar surface area (TPSA) is 75.6 Å². The van der Waals surface area contributed by atoms with Gasteiger partial charge in [-0.2, -0.15) is 0 Å². The number of para-hydroxylation sites is 1. The van der Waals surface area contributed by atoms with Crippen LogP contribution in [0.1, 0.15) is 25.8 Å². The lowest BCUT2D eigenvalue weighted by Crippen LogP contribution is -2.40. The van der Waals surface area contributed by atoms with Crippen LogP contribution in [-0.2, 0) is 16.0 Å². The first kappa shape index (κ1) is 16.0. The fourth-order valence-corrected chi connectivity index (χ4v) is 1.92. The number of amides is 1. The van der Waals surface area contributed by atoms with Crippen molar-refractivity contribution in [3.8, 4) is 5.75 Å². The number of carbonyl (C=O) groups is 2. The van der Waals surface area contributed by atoms with E-state index in [-0.39, 0.29) is 30.7 Å². The summed E-state index contributed by atoms with van der Waals surface area (Å²) in [5, 5.41) is 11.6. The first-order valence-electron chi connectivity index (χ1n) is 6.57. The summed E-state index contributed by atoms with van der Waals surface area (Å²) in [6, 6.07) is 6.92. The molecule has 20 heavy (non-hydrogen) atoms. The SMILES string of the molecule is COc1ccccc1CC(=O)NC(CC(=O)O)C(C)C. The van der Waals surface area contributed by atoms with Gasteiger partial charge in [-0.1, -0.05) is 32.0 Å². The van der Waals surface area contributed by atoms with Crippen molar-refractivity contribution >= 4 is 11.9 Å². The standard InChI is InChI=1S/C15H21NO4/c1-10(2)12(9-15(18)19)16-14(17)8-11-6-4-5-7-13(11)20-3/h4-7,10,12H,8-9H2,1-3H3,(H,16,17)(H,18,19). The van der Waals surface area contributed by atoms with Crippen molar-refractivity contribution in [1.82, 2.24) is 5.32 Å². The van der Waals surface area contributed by atoms with E-state index in [9.17, 15) is 9.59 Å². The van der Waals surface area contributed by atoms with Crippen molar-refractivity contribution in [2.75, 3.05) is 7.11 Å². The number of hydrogen-bond acceptors (Lipinski definition) is 3. The van der Waals surface area contributed by atoms with Gasteiger partial charge in [-0.15, -0.1) is 0 Å². The molecule has 5 nitrogen and oxygen atoms in total. The normalized spacial score (nSPS) is 12.0. The number of carboxylic acids is 1. The van der Waals surface area contributed by atoms with E-state index in [0.29, 0.717) is 5.75 Å². The number of ether oxygens (including phenoxy) is 1. The zero-order valence-corrected chi connectivity index (χ0v) is 12.1. The molecule has 0 aliphatic heterocycles. The molecule has 0 heterocycles. The molecule has 0 fully saturated rings. The fraction of sp³-hybridized carbons (Fsp3) is 0.467. The van der Waals surface area contributed by atoms with Gasteiger partial charge in [0.05, 0.1) is 20.0 Å². The number of carbonyl (C=O) groups excluding carboxylic acids is 1. The van der Waals surface area contributed by atoms with Gasteiger partial charge in [0.15, 0.2) is 0 Å². The number of nitrogens with one attached hydrogen (secondary N) is 1. The maximum absolute atomic E-state index is 12.0. The number of methoxy groups -OCH3 is 1. The van der Waals surface area contributed by atoms with E-state index in [2.05, 4.69) is 5.32 Å². The molecule has 1 unspecified atom stereocenters. The Kier molecular flexibility index (Phi) is 6.03. The highest BCUT2D eigenvalue weighted by Gasteiger charge is 2.20. The lowest BCUT2D eigenvalue weighted by atomic mass is 10.0. The summed E-state index contributed by atoms with van der Waals surface area (Å²) < 4.78 is 5.19. The highest BCUT2D eigenvalue weighted by Crippen LogP contribution is 2.18. The van der Waals surface area contributed by atoms with Crippen LogP contribution in [0.2, 0.25) is 0 Å². The molecule has 1 atom stereocenters. The second-order valence-corrected chi connectivity index (χ2v) is 5.00. The highest BCUT2D eigenvalue weighted by atomic mass is 16.5. The first-order chi connectivity index (χ1) is 9.43. The molecule has 2 N–H and O–H groups in total. The average molecular weight is 279 g/mol. The van der Waals surface area contributed by atoms with Crippen LogP contribution in [0.3, 0.4) is 0 Å². The molecule has 0 radical (unpaired) electrons. The largest absolute Gasteiger partial charge is 0.496 e. The molecule has 1 rings (SSSR count). The van der Waals surface area contributed by atoms with Gasteiger partial charge >= 0.3 is 5.97 Å². The summed E-state index contributed by atoms with van der Waals surface area (Å²) in [5.41, 5.74) is 0.783. The van der Waals surface area contributed by atoms with Crippen LogP contribution >= 0.6 is 0 Å². The van der Waals surface area contributed by atoms with E-state index < -0.39 is 5.97 Å². The fourth-order valence-electron chi connectivity index (χ4n) is 1.92. The van der Waals surface area contributed by atoms with E-state index in [0.717, 1.165) is 5.56 Å². The Labute approximate surface area is 118 Å². The average Bonchev–Trinajstić information content (AvgIpc) is 2.37. The van der Waals surface area contributed by atoms with Gasteiger partial charge < -0.3 is 15.2 Å². The molecule has 0 aliphatic carbocycles. The quantitative estimate of drug-likeness (QED) is 0.798. The summed E-state index contributed by atoms with van der Waals surface area (Å²) in [6.45, 7) is 3.77. The van der Waals surface area contributed by atoms with Crippen LogP contribution in [0.15, 0.2) is 24.3 Å². The lowest BCUT2D eigenvalue weighted by molar-refractivity contribution is -0.138. The second kappa shape index (κ2) is 7.53. The van der Waals surface area contributed by atoms with Crippen molar-refractivity contribution in [1.29, 1.82) is 0 Å². The minimum Gasteiger partial charge on any atom is -0.496 e. The van der Waals surface area contributed by atoms with Crippen LogP contribution < -0.4 is 10.1 Å². The second-order valence-electron chi connectivity index (χ2n) is 5.00. The summed E-state index contributed by atoms with van der Waals surface area (Å²) in [6.07, 6.45) is 0.0994. The van der Waals surface area contributed by atoms with Crippen LogP contribution in [0.4, 0.5) is 0 Å². The summed E-state index contributed by atoms with van der Waals surface area (Å²) in [7, 11) is 1.55. The number of aliphatic carboxylic acids is 1. The number of rotatable bonds is 7. The molecular formula is C15H21NO4. The minimum absolute atomic E-state index is 0.0627. The molecule has 0 aliphatic rings. The van der Waals surface area contributed by atoms with Crippen LogP contribution in [0.5, 0.6) is 5.75 Å². The molecule has 1 aromatic rings. The summed E-state index contributed by atoms with van der Waals surface area (Å²) >= 11 is 0. The first-order valence-corrected chi connectivity index (χ1v) is 6.57. The third-order valence-corrected chi connectivity index (χ3v) is 3.09. The van der Waals surface area contributed by atoms with E-state index >= 15 is 0 Å². The zero-order chi connectivity index (χ0) is 15.1. The van der Waals surface area contributed by atoms with Crippen LogP contribution in [0, 0.1) is 5.92 Å². The Hall–Kier alpha value is -2.04. The molecule has 0 aromatic heterocycles. The van der Waals surface area contributed by atoms with Gasteiger partial charge in [-0.3, -0.25) is 9.59 Å². The van der Waals surface area contributed by atoms with E-state index in [4.69, 9.17) is 9.84 Å². The van der Waals surface area contributed by atoms with Crippen molar-refractivity contribution in [2.24, 2.45) is 5.92 Å².